The topological polar surface area (TPSA) is 50.2 Å². The number of benzene rings is 1. The molecule has 0 saturated carbocycles. The van der Waals surface area contributed by atoms with Crippen molar-refractivity contribution >= 4 is 11.5 Å². The van der Waals surface area contributed by atoms with Crippen molar-refractivity contribution in [1.29, 1.82) is 0 Å². The first-order valence-electron chi connectivity index (χ1n) is 8.62. The lowest BCUT2D eigenvalue weighted by Gasteiger charge is -2.26. The summed E-state index contributed by atoms with van der Waals surface area (Å²) in [5, 5.41) is 3.35. The van der Waals surface area contributed by atoms with E-state index in [1.807, 2.05) is 17.2 Å². The molecule has 1 N–H and O–H groups in total. The van der Waals surface area contributed by atoms with Crippen LogP contribution in [-0.2, 0) is 13.0 Å². The number of carbonyl (C=O) groups excluding carboxylic acids is 1. The van der Waals surface area contributed by atoms with Gasteiger partial charge in [0.25, 0.3) is 5.91 Å². The molecule has 0 atom stereocenters. The fourth-order valence-electron chi connectivity index (χ4n) is 3.41. The number of nitrogens with one attached hydrogen (secondary N) is 1. The summed E-state index contributed by atoms with van der Waals surface area (Å²) in [5.41, 5.74) is 3.17. The molecule has 0 radical (unpaired) electrons. The van der Waals surface area contributed by atoms with Gasteiger partial charge >= 0.3 is 0 Å². The standard InChI is InChI=1S/C19H22N4O/c24-19(17-14-23-13-10-20-9-6-18(23)21-17)22-11-7-16(8-12-22)15-4-2-1-3-5-15/h1-5,7,14,20H,6,8-13H2. The van der Waals surface area contributed by atoms with Crippen LogP contribution in [0.5, 0.6) is 0 Å². The van der Waals surface area contributed by atoms with Crippen LogP contribution in [0.2, 0.25) is 0 Å². The van der Waals surface area contributed by atoms with Gasteiger partial charge in [-0.15, -0.1) is 0 Å². The molecular weight excluding hydrogens is 300 g/mol. The number of rotatable bonds is 2. The van der Waals surface area contributed by atoms with Gasteiger partial charge in [0.1, 0.15) is 11.5 Å². The van der Waals surface area contributed by atoms with Gasteiger partial charge in [-0.25, -0.2) is 4.98 Å². The molecule has 1 aromatic carbocycles. The molecule has 0 saturated heterocycles. The SMILES string of the molecule is O=C(c1cn2c(n1)CCNCC2)N1CC=C(c2ccccc2)CC1. The predicted octanol–water partition coefficient (Wildman–Crippen LogP) is 1.96. The van der Waals surface area contributed by atoms with Crippen LogP contribution in [0, 0.1) is 0 Å². The average Bonchev–Trinajstić information content (AvgIpc) is 2.92. The Balaban J connectivity index is 1.47. The van der Waals surface area contributed by atoms with E-state index in [9.17, 15) is 4.79 Å². The molecule has 2 aliphatic heterocycles. The Morgan fingerprint density at radius 1 is 1.08 bits per heavy atom. The van der Waals surface area contributed by atoms with E-state index in [-0.39, 0.29) is 5.91 Å². The third-order valence-corrected chi connectivity index (χ3v) is 4.77. The molecule has 0 fully saturated rings. The Labute approximate surface area is 142 Å². The predicted molar refractivity (Wildman–Crippen MR) is 93.7 cm³/mol. The number of hydrogen-bond acceptors (Lipinski definition) is 3. The van der Waals surface area contributed by atoms with Gasteiger partial charge in [-0.2, -0.15) is 0 Å². The number of fused-ring (bicyclic) bond motifs is 1. The number of nitrogens with zero attached hydrogens (tertiary/aromatic N) is 3. The van der Waals surface area contributed by atoms with Gasteiger partial charge in [-0.1, -0.05) is 36.4 Å². The first kappa shape index (κ1) is 15.1. The van der Waals surface area contributed by atoms with E-state index in [0.29, 0.717) is 12.2 Å². The molecule has 1 amide bonds. The minimum absolute atomic E-state index is 0.0481. The first-order valence-corrected chi connectivity index (χ1v) is 8.62. The van der Waals surface area contributed by atoms with E-state index < -0.39 is 0 Å². The summed E-state index contributed by atoms with van der Waals surface area (Å²) in [7, 11) is 0. The molecule has 2 aliphatic rings. The lowest BCUT2D eigenvalue weighted by Crippen LogP contribution is -2.35. The maximum Gasteiger partial charge on any atom is 0.274 e. The second kappa shape index (κ2) is 6.61. The Morgan fingerprint density at radius 2 is 1.96 bits per heavy atom. The summed E-state index contributed by atoms with van der Waals surface area (Å²) in [4.78, 5) is 19.2. The molecule has 0 bridgehead atoms. The van der Waals surface area contributed by atoms with Gasteiger partial charge in [0.05, 0.1) is 0 Å². The van der Waals surface area contributed by atoms with Crippen molar-refractivity contribution in [2.75, 3.05) is 26.2 Å². The van der Waals surface area contributed by atoms with E-state index in [1.165, 1.54) is 11.1 Å². The number of amides is 1. The second-order valence-corrected chi connectivity index (χ2v) is 6.33. The molecule has 2 aromatic rings. The van der Waals surface area contributed by atoms with E-state index >= 15 is 0 Å². The Hall–Kier alpha value is -2.40. The van der Waals surface area contributed by atoms with Crippen LogP contribution in [0.3, 0.4) is 0 Å². The molecule has 124 valence electrons. The van der Waals surface area contributed by atoms with Crippen molar-refractivity contribution in [2.24, 2.45) is 0 Å². The fourth-order valence-corrected chi connectivity index (χ4v) is 3.41. The lowest BCUT2D eigenvalue weighted by molar-refractivity contribution is 0.0767. The maximum atomic E-state index is 12.8. The third kappa shape index (κ3) is 2.99. The van der Waals surface area contributed by atoms with Crippen molar-refractivity contribution in [3.05, 3.63) is 59.7 Å². The van der Waals surface area contributed by atoms with Crippen LogP contribution in [-0.4, -0.2) is 46.5 Å². The largest absolute Gasteiger partial charge is 0.333 e. The van der Waals surface area contributed by atoms with E-state index in [1.54, 1.807) is 0 Å². The summed E-state index contributed by atoms with van der Waals surface area (Å²) in [6, 6.07) is 10.4. The number of aromatic nitrogens is 2. The van der Waals surface area contributed by atoms with Crippen LogP contribution in [0.1, 0.15) is 28.3 Å². The minimum Gasteiger partial charge on any atom is -0.333 e. The summed E-state index contributed by atoms with van der Waals surface area (Å²) >= 11 is 0. The van der Waals surface area contributed by atoms with E-state index in [4.69, 9.17) is 0 Å². The highest BCUT2D eigenvalue weighted by Crippen LogP contribution is 2.23. The van der Waals surface area contributed by atoms with Gasteiger partial charge in [0, 0.05) is 45.3 Å². The van der Waals surface area contributed by atoms with E-state index in [2.05, 4.69) is 45.2 Å². The zero-order valence-corrected chi connectivity index (χ0v) is 13.7. The molecule has 24 heavy (non-hydrogen) atoms. The Kier molecular flexibility index (Phi) is 4.17. The summed E-state index contributed by atoms with van der Waals surface area (Å²) in [6.07, 6.45) is 5.86. The first-order chi connectivity index (χ1) is 11.8. The Morgan fingerprint density at radius 3 is 2.75 bits per heavy atom. The lowest BCUT2D eigenvalue weighted by atomic mass is 9.99. The molecule has 0 spiro atoms. The Bertz CT molecular complexity index is 739. The number of carbonyl (C=O) groups is 1. The molecule has 5 heteroatoms. The maximum absolute atomic E-state index is 12.8. The third-order valence-electron chi connectivity index (χ3n) is 4.77. The molecular formula is C19H22N4O. The quantitative estimate of drug-likeness (QED) is 0.919. The van der Waals surface area contributed by atoms with Gasteiger partial charge in [0.2, 0.25) is 0 Å². The average molecular weight is 322 g/mol. The van der Waals surface area contributed by atoms with Crippen molar-refractivity contribution < 1.29 is 4.79 Å². The van der Waals surface area contributed by atoms with Gasteiger partial charge < -0.3 is 14.8 Å². The molecule has 5 nitrogen and oxygen atoms in total. The van der Waals surface area contributed by atoms with Crippen LogP contribution < -0.4 is 5.32 Å². The number of hydrogen-bond donors (Lipinski definition) is 1. The monoisotopic (exact) mass is 322 g/mol. The van der Waals surface area contributed by atoms with Crippen LogP contribution >= 0.6 is 0 Å². The van der Waals surface area contributed by atoms with Crippen molar-refractivity contribution in [3.8, 4) is 0 Å². The van der Waals surface area contributed by atoms with Crippen LogP contribution in [0.25, 0.3) is 5.57 Å². The van der Waals surface area contributed by atoms with Gasteiger partial charge in [-0.05, 0) is 17.6 Å². The van der Waals surface area contributed by atoms with Crippen molar-refractivity contribution in [1.82, 2.24) is 19.8 Å². The highest BCUT2D eigenvalue weighted by Gasteiger charge is 2.23. The molecule has 4 rings (SSSR count). The minimum atomic E-state index is 0.0481. The van der Waals surface area contributed by atoms with Crippen LogP contribution in [0.15, 0.2) is 42.6 Å². The van der Waals surface area contributed by atoms with Gasteiger partial charge in [0.15, 0.2) is 0 Å². The number of imidazole rings is 1. The van der Waals surface area contributed by atoms with Crippen molar-refractivity contribution in [2.45, 2.75) is 19.4 Å². The molecule has 0 unspecified atom stereocenters. The van der Waals surface area contributed by atoms with Crippen LogP contribution in [0.4, 0.5) is 0 Å². The molecule has 1 aromatic heterocycles. The van der Waals surface area contributed by atoms with E-state index in [0.717, 1.165) is 44.8 Å². The zero-order valence-electron chi connectivity index (χ0n) is 13.7. The normalized spacial score (nSPS) is 17.8. The molecule has 0 aliphatic carbocycles. The summed E-state index contributed by atoms with van der Waals surface area (Å²) < 4.78 is 2.11. The smallest absolute Gasteiger partial charge is 0.274 e. The fraction of sp³-hybridized carbons (Fsp3) is 0.368. The molecule has 3 heterocycles. The summed E-state index contributed by atoms with van der Waals surface area (Å²) in [6.45, 7) is 4.16. The van der Waals surface area contributed by atoms with Crippen molar-refractivity contribution in [3.63, 3.8) is 0 Å². The second-order valence-electron chi connectivity index (χ2n) is 6.33. The highest BCUT2D eigenvalue weighted by molar-refractivity contribution is 5.93. The summed E-state index contributed by atoms with van der Waals surface area (Å²) in [5.74, 6) is 1.06. The zero-order chi connectivity index (χ0) is 16.4. The highest BCUT2D eigenvalue weighted by atomic mass is 16.2. The van der Waals surface area contributed by atoms with Gasteiger partial charge in [-0.3, -0.25) is 4.79 Å².